The number of fused-ring (bicyclic) bond motifs is 1. The summed E-state index contributed by atoms with van der Waals surface area (Å²) in [6.45, 7) is 7.42. The molecule has 0 spiro atoms. The van der Waals surface area contributed by atoms with Gasteiger partial charge in [0.05, 0.1) is 23.5 Å². The van der Waals surface area contributed by atoms with Crippen molar-refractivity contribution in [3.63, 3.8) is 0 Å². The Morgan fingerprint density at radius 1 is 1.32 bits per heavy atom. The highest BCUT2D eigenvalue weighted by atomic mass is 16.5. The second-order valence-electron chi connectivity index (χ2n) is 8.04. The number of nitrogens with zero attached hydrogens (tertiary/aromatic N) is 3. The second kappa shape index (κ2) is 10.7. The van der Waals surface area contributed by atoms with Gasteiger partial charge in [-0.1, -0.05) is 39.3 Å². The van der Waals surface area contributed by atoms with Crippen LogP contribution in [0.4, 0.5) is 0 Å². The maximum absolute atomic E-state index is 12.9. The fourth-order valence-corrected chi connectivity index (χ4v) is 3.01. The zero-order valence-electron chi connectivity index (χ0n) is 18.6. The lowest BCUT2D eigenvalue weighted by molar-refractivity contribution is -0.149. The molecular formula is C23H30N4O4. The average Bonchev–Trinajstić information content (AvgIpc) is 2.75. The molecule has 0 aliphatic rings. The summed E-state index contributed by atoms with van der Waals surface area (Å²) in [5.41, 5.74) is 0.523. The number of benzene rings is 1. The van der Waals surface area contributed by atoms with Crippen molar-refractivity contribution in [1.82, 2.24) is 14.9 Å². The molecule has 1 N–H and O–H groups in total. The molecule has 0 aliphatic carbocycles. The number of hydrogen-bond acceptors (Lipinski definition) is 6. The number of rotatable bonds is 10. The lowest BCUT2D eigenvalue weighted by Crippen LogP contribution is -2.50. The van der Waals surface area contributed by atoms with E-state index in [9.17, 15) is 19.6 Å². The van der Waals surface area contributed by atoms with E-state index >= 15 is 0 Å². The van der Waals surface area contributed by atoms with Gasteiger partial charge in [-0.2, -0.15) is 5.26 Å². The largest absolute Gasteiger partial charge is 0.456 e. The highest BCUT2D eigenvalue weighted by molar-refractivity contribution is 5.81. The van der Waals surface area contributed by atoms with Crippen LogP contribution in [0.15, 0.2) is 29.1 Å². The smallest absolute Gasteiger partial charge is 0.306 e. The van der Waals surface area contributed by atoms with Crippen LogP contribution < -0.4 is 10.9 Å². The number of ether oxygens (including phenoxy) is 1. The van der Waals surface area contributed by atoms with Gasteiger partial charge in [-0.15, -0.1) is 0 Å². The van der Waals surface area contributed by atoms with E-state index in [1.54, 1.807) is 11.5 Å². The third-order valence-corrected chi connectivity index (χ3v) is 5.37. The Labute approximate surface area is 182 Å². The molecule has 1 amide bonds. The maximum atomic E-state index is 12.9. The van der Waals surface area contributed by atoms with E-state index in [2.05, 4.69) is 23.3 Å². The predicted octanol–water partition coefficient (Wildman–Crippen LogP) is 2.73. The molecule has 1 atom stereocenters. The van der Waals surface area contributed by atoms with Crippen molar-refractivity contribution in [2.45, 2.75) is 65.5 Å². The second-order valence-corrected chi connectivity index (χ2v) is 8.04. The number of unbranched alkanes of at least 4 members (excludes halogenated alkanes) is 1. The standard InChI is InChI=1S/C23H30N4O4/c1-5-6-13-27-19-10-8-7-9-17(19)25-18(22(27)30)11-12-21(29)31-14-20(28)26-23(4,15-24)16(2)3/h7-10,16H,5-6,11-14H2,1-4H3,(H,26,28). The van der Waals surface area contributed by atoms with Gasteiger partial charge in [0.25, 0.3) is 11.5 Å². The van der Waals surface area contributed by atoms with E-state index in [4.69, 9.17) is 4.74 Å². The average molecular weight is 427 g/mol. The zero-order chi connectivity index (χ0) is 23.0. The first-order valence-electron chi connectivity index (χ1n) is 10.6. The van der Waals surface area contributed by atoms with Gasteiger partial charge in [-0.25, -0.2) is 4.98 Å². The number of hydrogen-bond donors (Lipinski definition) is 1. The van der Waals surface area contributed by atoms with Crippen LogP contribution in [0.1, 0.15) is 52.7 Å². The maximum Gasteiger partial charge on any atom is 0.306 e. The molecule has 0 fully saturated rings. The van der Waals surface area contributed by atoms with Crippen LogP contribution >= 0.6 is 0 Å². The van der Waals surface area contributed by atoms with Gasteiger partial charge in [0, 0.05) is 13.0 Å². The molecule has 31 heavy (non-hydrogen) atoms. The van der Waals surface area contributed by atoms with E-state index < -0.39 is 24.0 Å². The Bertz CT molecular complexity index is 1040. The minimum Gasteiger partial charge on any atom is -0.456 e. The van der Waals surface area contributed by atoms with Crippen LogP contribution in [-0.2, 0) is 27.3 Å². The lowest BCUT2D eigenvalue weighted by atomic mass is 9.90. The van der Waals surface area contributed by atoms with Gasteiger partial charge < -0.3 is 14.6 Å². The highest BCUT2D eigenvalue weighted by Crippen LogP contribution is 2.15. The monoisotopic (exact) mass is 426 g/mol. The van der Waals surface area contributed by atoms with Gasteiger partial charge in [0.2, 0.25) is 0 Å². The third kappa shape index (κ3) is 6.14. The molecule has 0 saturated carbocycles. The first kappa shape index (κ1) is 24.1. The van der Waals surface area contributed by atoms with Crippen molar-refractivity contribution in [3.05, 3.63) is 40.3 Å². The number of para-hydroxylation sites is 2. The summed E-state index contributed by atoms with van der Waals surface area (Å²) in [6, 6.07) is 9.49. The normalized spacial score (nSPS) is 12.9. The van der Waals surface area contributed by atoms with Crippen LogP contribution in [0.3, 0.4) is 0 Å². The lowest BCUT2D eigenvalue weighted by Gasteiger charge is -2.27. The SMILES string of the molecule is CCCCn1c(=O)c(CCC(=O)OCC(=O)NC(C)(C#N)C(C)C)nc2ccccc21. The van der Waals surface area contributed by atoms with Crippen molar-refractivity contribution >= 4 is 22.9 Å². The number of amides is 1. The summed E-state index contributed by atoms with van der Waals surface area (Å²) in [6.07, 6.45) is 1.87. The molecule has 1 unspecified atom stereocenters. The van der Waals surface area contributed by atoms with Crippen LogP contribution in [0.2, 0.25) is 0 Å². The Morgan fingerprint density at radius 2 is 2.03 bits per heavy atom. The van der Waals surface area contributed by atoms with Crippen molar-refractivity contribution in [2.24, 2.45) is 5.92 Å². The van der Waals surface area contributed by atoms with Crippen molar-refractivity contribution in [2.75, 3.05) is 6.61 Å². The minimum absolute atomic E-state index is 0.0681. The highest BCUT2D eigenvalue weighted by Gasteiger charge is 2.30. The van der Waals surface area contributed by atoms with Crippen molar-refractivity contribution in [3.8, 4) is 6.07 Å². The molecule has 2 rings (SSSR count). The van der Waals surface area contributed by atoms with Crippen LogP contribution in [0, 0.1) is 17.2 Å². The minimum atomic E-state index is -1.04. The molecule has 0 radical (unpaired) electrons. The molecule has 166 valence electrons. The molecule has 2 aromatic rings. The van der Waals surface area contributed by atoms with E-state index in [1.807, 2.05) is 38.1 Å². The molecule has 1 aromatic heterocycles. The van der Waals surface area contributed by atoms with Crippen LogP contribution in [0.25, 0.3) is 11.0 Å². The third-order valence-electron chi connectivity index (χ3n) is 5.37. The summed E-state index contributed by atoms with van der Waals surface area (Å²) in [7, 11) is 0. The molecule has 0 saturated heterocycles. The summed E-state index contributed by atoms with van der Waals surface area (Å²) in [5.74, 6) is -1.25. The molecule has 0 aliphatic heterocycles. The quantitative estimate of drug-likeness (QED) is 0.584. The van der Waals surface area contributed by atoms with Gasteiger partial charge in [0.15, 0.2) is 6.61 Å². The van der Waals surface area contributed by atoms with E-state index in [1.165, 1.54) is 0 Å². The molecule has 1 heterocycles. The van der Waals surface area contributed by atoms with E-state index in [-0.39, 0.29) is 24.3 Å². The summed E-state index contributed by atoms with van der Waals surface area (Å²) >= 11 is 0. The number of carbonyl (C=O) groups is 2. The fourth-order valence-electron chi connectivity index (χ4n) is 3.01. The Hall–Kier alpha value is -3.21. The molecular weight excluding hydrogens is 396 g/mol. The van der Waals surface area contributed by atoms with Gasteiger partial charge in [-0.05, 0) is 31.4 Å². The zero-order valence-corrected chi connectivity index (χ0v) is 18.6. The predicted molar refractivity (Wildman–Crippen MR) is 117 cm³/mol. The first-order chi connectivity index (χ1) is 14.7. The number of aryl methyl sites for hydroxylation is 2. The summed E-state index contributed by atoms with van der Waals surface area (Å²) in [4.78, 5) is 41.5. The number of esters is 1. The molecule has 0 bridgehead atoms. The molecule has 1 aromatic carbocycles. The fraction of sp³-hybridized carbons (Fsp3) is 0.522. The Morgan fingerprint density at radius 3 is 2.68 bits per heavy atom. The van der Waals surface area contributed by atoms with Gasteiger partial charge in [0.1, 0.15) is 11.2 Å². The number of nitriles is 1. The van der Waals surface area contributed by atoms with Crippen LogP contribution in [-0.4, -0.2) is 33.6 Å². The van der Waals surface area contributed by atoms with E-state index in [0.717, 1.165) is 18.4 Å². The number of aromatic nitrogens is 2. The van der Waals surface area contributed by atoms with Gasteiger partial charge >= 0.3 is 5.97 Å². The Kier molecular flexibility index (Phi) is 8.31. The number of carbonyl (C=O) groups excluding carboxylic acids is 2. The summed E-state index contributed by atoms with van der Waals surface area (Å²) in [5, 5.41) is 11.8. The molecule has 8 heteroatoms. The first-order valence-corrected chi connectivity index (χ1v) is 10.6. The Balaban J connectivity index is 2.02. The van der Waals surface area contributed by atoms with Crippen molar-refractivity contribution in [1.29, 1.82) is 5.26 Å². The van der Waals surface area contributed by atoms with E-state index in [0.29, 0.717) is 17.8 Å². The molecule has 8 nitrogen and oxygen atoms in total. The topological polar surface area (TPSA) is 114 Å². The summed E-state index contributed by atoms with van der Waals surface area (Å²) < 4.78 is 6.72. The van der Waals surface area contributed by atoms with Gasteiger partial charge in [-0.3, -0.25) is 14.4 Å². The number of nitrogens with one attached hydrogen (secondary N) is 1. The van der Waals surface area contributed by atoms with Crippen LogP contribution in [0.5, 0.6) is 0 Å². The van der Waals surface area contributed by atoms with Crippen molar-refractivity contribution < 1.29 is 14.3 Å².